The third kappa shape index (κ3) is 7.22. The molecule has 0 amide bonds. The third-order valence-corrected chi connectivity index (χ3v) is 18.1. The molecule has 3 rings (SSSR count). The summed E-state index contributed by atoms with van der Waals surface area (Å²) in [7, 11) is -4.88. The lowest BCUT2D eigenvalue weighted by Crippen LogP contribution is -2.58. The Morgan fingerprint density at radius 3 is 2.10 bits per heavy atom. The molecule has 234 valence electrons. The largest absolute Gasteiger partial charge is 0.459 e. The number of esters is 1. The molecule has 42 heavy (non-hydrogen) atoms. The number of aromatic amines is 1. The predicted molar refractivity (Wildman–Crippen MR) is 167 cm³/mol. The minimum absolute atomic E-state index is 0.00988. The van der Waals surface area contributed by atoms with E-state index in [4.69, 9.17) is 18.3 Å². The standard InChI is InChI=1S/C30H48N2O8Si2/c1-28(2,3)41(7,8)38-20-30(19-37-26(35)21-14-12-11-13-15-21)24(40-42(9,10)29(4,5)6)22(18-33)25(39-30)32-17-16-23(34)31-27(32)36/h11-17,22,24-25,33H,18-20H2,1-10H3,(H,31,34,36)/t22-,24+,25-,30-/m1/s1. The Hall–Kier alpha value is -2.36. The Bertz CT molecular complexity index is 1340. The number of aromatic nitrogens is 2. The van der Waals surface area contributed by atoms with Gasteiger partial charge in [0.15, 0.2) is 22.2 Å². The molecule has 1 aromatic carbocycles. The summed E-state index contributed by atoms with van der Waals surface area (Å²) in [5, 5.41) is 10.5. The van der Waals surface area contributed by atoms with E-state index in [1.54, 1.807) is 24.3 Å². The van der Waals surface area contributed by atoms with Crippen LogP contribution in [0.5, 0.6) is 0 Å². The van der Waals surface area contributed by atoms with E-state index >= 15 is 0 Å². The van der Waals surface area contributed by atoms with E-state index < -0.39 is 57.7 Å². The van der Waals surface area contributed by atoms with E-state index in [0.29, 0.717) is 5.56 Å². The number of carbonyl (C=O) groups is 1. The maximum absolute atomic E-state index is 13.2. The third-order valence-electron chi connectivity index (χ3n) is 9.13. The Labute approximate surface area is 250 Å². The van der Waals surface area contributed by atoms with Gasteiger partial charge in [-0.3, -0.25) is 14.3 Å². The van der Waals surface area contributed by atoms with Crippen LogP contribution in [0, 0.1) is 5.92 Å². The summed E-state index contributed by atoms with van der Waals surface area (Å²) >= 11 is 0. The van der Waals surface area contributed by atoms with E-state index in [-0.39, 0.29) is 29.9 Å². The molecule has 12 heteroatoms. The van der Waals surface area contributed by atoms with Crippen LogP contribution in [0.3, 0.4) is 0 Å². The molecule has 4 atom stereocenters. The van der Waals surface area contributed by atoms with Crippen molar-refractivity contribution in [3.63, 3.8) is 0 Å². The summed E-state index contributed by atoms with van der Waals surface area (Å²) < 4.78 is 27.6. The summed E-state index contributed by atoms with van der Waals surface area (Å²) in [6.07, 6.45) is -0.480. The lowest BCUT2D eigenvalue weighted by molar-refractivity contribution is -0.147. The topological polar surface area (TPSA) is 129 Å². The minimum atomic E-state index is -2.52. The van der Waals surface area contributed by atoms with E-state index in [1.807, 2.05) is 6.07 Å². The molecule has 10 nitrogen and oxygen atoms in total. The molecule has 1 aromatic heterocycles. The van der Waals surface area contributed by atoms with E-state index in [2.05, 4.69) is 72.7 Å². The summed E-state index contributed by atoms with van der Waals surface area (Å²) in [6, 6.07) is 9.88. The van der Waals surface area contributed by atoms with E-state index in [1.165, 1.54) is 16.8 Å². The second kappa shape index (κ2) is 12.3. The number of carbonyl (C=O) groups excluding carboxylic acids is 1. The van der Waals surface area contributed by atoms with Crippen LogP contribution in [-0.2, 0) is 18.3 Å². The van der Waals surface area contributed by atoms with Gasteiger partial charge in [0.1, 0.15) is 12.8 Å². The maximum Gasteiger partial charge on any atom is 0.338 e. The quantitative estimate of drug-likeness (QED) is 0.289. The zero-order valence-electron chi connectivity index (χ0n) is 26.6. The van der Waals surface area contributed by atoms with Gasteiger partial charge in [0, 0.05) is 12.3 Å². The van der Waals surface area contributed by atoms with Crippen LogP contribution in [-0.4, -0.2) is 68.8 Å². The Kier molecular flexibility index (Phi) is 10.0. The van der Waals surface area contributed by atoms with Crippen molar-refractivity contribution in [1.29, 1.82) is 0 Å². The molecule has 0 aliphatic carbocycles. The number of ether oxygens (including phenoxy) is 2. The average Bonchev–Trinajstić information content (AvgIpc) is 3.17. The van der Waals surface area contributed by atoms with Gasteiger partial charge in [-0.05, 0) is 48.4 Å². The Morgan fingerprint density at radius 2 is 1.57 bits per heavy atom. The maximum atomic E-state index is 13.2. The van der Waals surface area contributed by atoms with Crippen molar-refractivity contribution < 1.29 is 28.2 Å². The highest BCUT2D eigenvalue weighted by molar-refractivity contribution is 6.74. The van der Waals surface area contributed by atoms with Crippen LogP contribution >= 0.6 is 0 Å². The second-order valence-corrected chi connectivity index (χ2v) is 23.8. The normalized spacial score (nSPS) is 23.6. The van der Waals surface area contributed by atoms with Crippen molar-refractivity contribution in [2.45, 2.75) is 95.7 Å². The number of benzene rings is 1. The fraction of sp³-hybridized carbons (Fsp3) is 0.633. The van der Waals surface area contributed by atoms with Gasteiger partial charge in [-0.2, -0.15) is 0 Å². The van der Waals surface area contributed by atoms with Gasteiger partial charge >= 0.3 is 11.7 Å². The second-order valence-electron chi connectivity index (χ2n) is 14.2. The number of nitrogens with zero attached hydrogens (tertiary/aromatic N) is 1. The highest BCUT2D eigenvalue weighted by atomic mass is 28.4. The first-order chi connectivity index (χ1) is 19.2. The van der Waals surface area contributed by atoms with Crippen molar-refractivity contribution in [2.24, 2.45) is 5.92 Å². The van der Waals surface area contributed by atoms with E-state index in [9.17, 15) is 19.5 Å². The predicted octanol–water partition coefficient (Wildman–Crippen LogP) is 4.68. The summed E-state index contributed by atoms with van der Waals surface area (Å²) in [5.41, 5.74) is -2.22. The lowest BCUT2D eigenvalue weighted by atomic mass is 9.91. The van der Waals surface area contributed by atoms with Gasteiger partial charge in [0.2, 0.25) is 0 Å². The van der Waals surface area contributed by atoms with Gasteiger partial charge in [-0.1, -0.05) is 59.7 Å². The summed E-state index contributed by atoms with van der Waals surface area (Å²) in [6.45, 7) is 20.5. The first-order valence-corrected chi connectivity index (χ1v) is 20.2. The fourth-order valence-corrected chi connectivity index (χ4v) is 6.75. The van der Waals surface area contributed by atoms with Crippen molar-refractivity contribution in [3.8, 4) is 0 Å². The van der Waals surface area contributed by atoms with Crippen LogP contribution in [0.15, 0.2) is 52.2 Å². The molecule has 0 spiro atoms. The molecule has 2 aromatic rings. The van der Waals surface area contributed by atoms with Gasteiger partial charge in [0.05, 0.1) is 30.8 Å². The monoisotopic (exact) mass is 620 g/mol. The number of aliphatic hydroxyl groups is 1. The highest BCUT2D eigenvalue weighted by Crippen LogP contribution is 2.48. The molecular formula is C30H48N2O8Si2. The molecule has 1 aliphatic rings. The van der Waals surface area contributed by atoms with Gasteiger partial charge in [-0.15, -0.1) is 0 Å². The number of hydrogen-bond acceptors (Lipinski definition) is 8. The van der Waals surface area contributed by atoms with Crippen LogP contribution in [0.1, 0.15) is 58.1 Å². The molecule has 1 saturated heterocycles. The summed E-state index contributed by atoms with van der Waals surface area (Å²) in [5.74, 6) is -1.27. The van der Waals surface area contributed by atoms with Gasteiger partial charge < -0.3 is 23.4 Å². The van der Waals surface area contributed by atoms with Gasteiger partial charge in [0.25, 0.3) is 5.56 Å². The molecule has 0 saturated carbocycles. The van der Waals surface area contributed by atoms with Crippen LogP contribution in [0.4, 0.5) is 0 Å². The van der Waals surface area contributed by atoms with E-state index in [0.717, 1.165) is 0 Å². The van der Waals surface area contributed by atoms with Crippen molar-refractivity contribution in [1.82, 2.24) is 9.55 Å². The first kappa shape index (κ1) is 34.1. The number of H-pyrrole nitrogens is 1. The number of rotatable bonds is 10. The Balaban J connectivity index is 2.17. The molecule has 0 radical (unpaired) electrons. The minimum Gasteiger partial charge on any atom is -0.459 e. The van der Waals surface area contributed by atoms with Crippen molar-refractivity contribution >= 4 is 22.6 Å². The van der Waals surface area contributed by atoms with Crippen molar-refractivity contribution in [3.05, 3.63) is 69.0 Å². The molecule has 2 N–H and O–H groups in total. The molecular weight excluding hydrogens is 573 g/mol. The first-order valence-electron chi connectivity index (χ1n) is 14.4. The van der Waals surface area contributed by atoms with Gasteiger partial charge in [-0.25, -0.2) is 9.59 Å². The molecule has 0 unspecified atom stereocenters. The van der Waals surface area contributed by atoms with Crippen molar-refractivity contribution in [2.75, 3.05) is 19.8 Å². The number of nitrogens with one attached hydrogen (secondary N) is 1. The zero-order chi connectivity index (χ0) is 31.7. The lowest BCUT2D eigenvalue weighted by Gasteiger charge is -2.45. The molecule has 1 fully saturated rings. The number of hydrogen-bond donors (Lipinski definition) is 2. The Morgan fingerprint density at radius 1 is 0.976 bits per heavy atom. The smallest absolute Gasteiger partial charge is 0.338 e. The summed E-state index contributed by atoms with van der Waals surface area (Å²) in [4.78, 5) is 40.3. The molecule has 1 aliphatic heterocycles. The number of aliphatic hydroxyl groups excluding tert-OH is 1. The molecule has 2 heterocycles. The zero-order valence-corrected chi connectivity index (χ0v) is 28.6. The highest BCUT2D eigenvalue weighted by Gasteiger charge is 2.60. The van der Waals surface area contributed by atoms with Crippen LogP contribution in [0.25, 0.3) is 0 Å². The van der Waals surface area contributed by atoms with Crippen LogP contribution < -0.4 is 11.2 Å². The SMILES string of the molecule is CC(C)(C)[Si](C)(C)OC[C@@]1(COC(=O)c2ccccc2)O[C@@H](n2ccc(=O)[nH]c2=O)[C@H](CO)[C@@H]1O[Si](C)(C)C(C)(C)C. The van der Waals surface area contributed by atoms with Crippen LogP contribution in [0.2, 0.25) is 36.3 Å². The molecule has 0 bridgehead atoms. The average molecular weight is 621 g/mol. The fourth-order valence-electron chi connectivity index (χ4n) is 4.34.